The van der Waals surface area contributed by atoms with Crippen molar-refractivity contribution >= 4 is 23.2 Å². The molecule has 0 aliphatic heterocycles. The molecule has 0 spiro atoms. The van der Waals surface area contributed by atoms with Crippen LogP contribution >= 0.6 is 23.2 Å². The zero-order valence-electron chi connectivity index (χ0n) is 11.5. The summed E-state index contributed by atoms with van der Waals surface area (Å²) in [4.78, 5) is 0. The van der Waals surface area contributed by atoms with Crippen molar-refractivity contribution in [3.8, 4) is 5.75 Å². The molecule has 110 valence electrons. The molecule has 0 saturated heterocycles. The number of phenols is 1. The van der Waals surface area contributed by atoms with E-state index in [9.17, 15) is 5.11 Å². The average Bonchev–Trinajstić information content (AvgIpc) is 3.30. The zero-order valence-corrected chi connectivity index (χ0v) is 13.0. The minimum Gasteiger partial charge on any atom is -0.506 e. The first kappa shape index (κ1) is 14.7. The molecule has 1 aliphatic carbocycles. The summed E-state index contributed by atoms with van der Waals surface area (Å²) in [6, 6.07) is 14.0. The SMILES string of the molecule is Oc1c(Cl)cc(Cl)cc1CNC(c1ccccc1)C1CC1. The lowest BCUT2D eigenvalue weighted by molar-refractivity contribution is 0.446. The Labute approximate surface area is 134 Å². The molecule has 0 bridgehead atoms. The molecule has 2 aromatic carbocycles. The first-order valence-electron chi connectivity index (χ1n) is 7.10. The Hall–Kier alpha value is -1.22. The van der Waals surface area contributed by atoms with Gasteiger partial charge in [0.25, 0.3) is 0 Å². The van der Waals surface area contributed by atoms with Gasteiger partial charge in [-0.3, -0.25) is 0 Å². The Morgan fingerprint density at radius 2 is 1.86 bits per heavy atom. The monoisotopic (exact) mass is 321 g/mol. The maximum atomic E-state index is 10.0. The van der Waals surface area contributed by atoms with Crippen molar-refractivity contribution in [3.05, 3.63) is 63.6 Å². The number of rotatable bonds is 5. The molecule has 21 heavy (non-hydrogen) atoms. The van der Waals surface area contributed by atoms with Gasteiger partial charge in [0.15, 0.2) is 0 Å². The smallest absolute Gasteiger partial charge is 0.138 e. The van der Waals surface area contributed by atoms with Gasteiger partial charge in [0.1, 0.15) is 5.75 Å². The van der Waals surface area contributed by atoms with E-state index in [4.69, 9.17) is 23.2 Å². The number of hydrogen-bond donors (Lipinski definition) is 2. The number of phenolic OH excluding ortho intramolecular Hbond substituents is 1. The highest BCUT2D eigenvalue weighted by Crippen LogP contribution is 2.41. The number of hydrogen-bond acceptors (Lipinski definition) is 2. The molecule has 1 fully saturated rings. The molecule has 1 aliphatic rings. The van der Waals surface area contributed by atoms with Crippen LogP contribution in [0.5, 0.6) is 5.75 Å². The van der Waals surface area contributed by atoms with Crippen molar-refractivity contribution in [1.82, 2.24) is 5.32 Å². The molecule has 0 amide bonds. The summed E-state index contributed by atoms with van der Waals surface area (Å²) in [7, 11) is 0. The molecule has 3 rings (SSSR count). The lowest BCUT2D eigenvalue weighted by Crippen LogP contribution is -2.22. The van der Waals surface area contributed by atoms with E-state index in [0.29, 0.717) is 28.5 Å². The predicted octanol–water partition coefficient (Wildman–Crippen LogP) is 4.94. The van der Waals surface area contributed by atoms with E-state index in [1.807, 2.05) is 6.07 Å². The minimum absolute atomic E-state index is 0.108. The van der Waals surface area contributed by atoms with Crippen LogP contribution in [0.2, 0.25) is 10.0 Å². The molecule has 1 saturated carbocycles. The average molecular weight is 322 g/mol. The van der Waals surface area contributed by atoms with Gasteiger partial charge in [-0.15, -0.1) is 0 Å². The van der Waals surface area contributed by atoms with Gasteiger partial charge < -0.3 is 10.4 Å². The Morgan fingerprint density at radius 1 is 1.14 bits per heavy atom. The molecule has 1 unspecified atom stereocenters. The van der Waals surface area contributed by atoms with Crippen molar-refractivity contribution in [2.24, 2.45) is 5.92 Å². The molecule has 4 heteroatoms. The fourth-order valence-electron chi connectivity index (χ4n) is 2.62. The van der Waals surface area contributed by atoms with Gasteiger partial charge in [0.05, 0.1) is 5.02 Å². The van der Waals surface area contributed by atoms with Crippen molar-refractivity contribution in [2.45, 2.75) is 25.4 Å². The van der Waals surface area contributed by atoms with Crippen LogP contribution in [0.15, 0.2) is 42.5 Å². The van der Waals surface area contributed by atoms with Crippen LogP contribution in [0.25, 0.3) is 0 Å². The highest BCUT2D eigenvalue weighted by Gasteiger charge is 2.31. The molecular formula is C17H17Cl2NO. The van der Waals surface area contributed by atoms with E-state index >= 15 is 0 Å². The third-order valence-corrected chi connectivity index (χ3v) is 4.38. The van der Waals surface area contributed by atoms with Crippen LogP contribution in [-0.2, 0) is 6.54 Å². The van der Waals surface area contributed by atoms with Crippen molar-refractivity contribution in [1.29, 1.82) is 0 Å². The predicted molar refractivity (Wildman–Crippen MR) is 86.9 cm³/mol. The topological polar surface area (TPSA) is 32.3 Å². The van der Waals surface area contributed by atoms with Crippen LogP contribution in [-0.4, -0.2) is 5.11 Å². The normalized spacial score (nSPS) is 15.9. The quantitative estimate of drug-likeness (QED) is 0.817. The molecule has 2 N–H and O–H groups in total. The second-order valence-corrected chi connectivity index (χ2v) is 6.35. The Morgan fingerprint density at radius 3 is 2.52 bits per heavy atom. The first-order chi connectivity index (χ1) is 10.1. The summed E-state index contributed by atoms with van der Waals surface area (Å²) in [6.45, 7) is 0.544. The Kier molecular flexibility index (Phi) is 4.39. The van der Waals surface area contributed by atoms with Crippen LogP contribution in [0.3, 0.4) is 0 Å². The summed E-state index contributed by atoms with van der Waals surface area (Å²) in [5.74, 6) is 0.778. The van der Waals surface area contributed by atoms with Gasteiger partial charge in [0, 0.05) is 23.2 Å². The molecule has 0 radical (unpaired) electrons. The van der Waals surface area contributed by atoms with Crippen molar-refractivity contribution < 1.29 is 5.11 Å². The lowest BCUT2D eigenvalue weighted by atomic mass is 10.0. The van der Waals surface area contributed by atoms with Gasteiger partial charge >= 0.3 is 0 Å². The van der Waals surface area contributed by atoms with Crippen molar-refractivity contribution in [2.75, 3.05) is 0 Å². The summed E-state index contributed by atoms with van der Waals surface area (Å²) >= 11 is 12.0. The number of aromatic hydroxyl groups is 1. The van der Waals surface area contributed by atoms with Gasteiger partial charge in [-0.25, -0.2) is 0 Å². The molecule has 1 atom stereocenters. The number of nitrogens with one attached hydrogen (secondary N) is 1. The molecule has 2 nitrogen and oxygen atoms in total. The fourth-order valence-corrected chi connectivity index (χ4v) is 3.16. The maximum absolute atomic E-state index is 10.0. The minimum atomic E-state index is 0.108. The van der Waals surface area contributed by atoms with Crippen molar-refractivity contribution in [3.63, 3.8) is 0 Å². The summed E-state index contributed by atoms with van der Waals surface area (Å²) < 4.78 is 0. The van der Waals surface area contributed by atoms with E-state index in [2.05, 4.69) is 29.6 Å². The Bertz CT molecular complexity index is 626. The molecule has 0 aromatic heterocycles. The van der Waals surface area contributed by atoms with Gasteiger partial charge in [-0.1, -0.05) is 53.5 Å². The van der Waals surface area contributed by atoms with Crippen LogP contribution < -0.4 is 5.32 Å². The standard InChI is InChI=1S/C17H17Cl2NO/c18-14-8-13(17(21)15(19)9-14)10-20-16(12-6-7-12)11-4-2-1-3-5-11/h1-5,8-9,12,16,20-21H,6-7,10H2. The van der Waals surface area contributed by atoms with E-state index in [-0.39, 0.29) is 5.75 Å². The van der Waals surface area contributed by atoms with Crippen LogP contribution in [0.1, 0.15) is 30.0 Å². The number of halogens is 2. The van der Waals surface area contributed by atoms with Gasteiger partial charge in [-0.05, 0) is 36.5 Å². The second-order valence-electron chi connectivity index (χ2n) is 5.50. The summed E-state index contributed by atoms with van der Waals surface area (Å²) in [5, 5.41) is 14.4. The van der Waals surface area contributed by atoms with E-state index in [1.165, 1.54) is 18.4 Å². The molecule has 2 aromatic rings. The highest BCUT2D eigenvalue weighted by atomic mass is 35.5. The maximum Gasteiger partial charge on any atom is 0.138 e. The fraction of sp³-hybridized carbons (Fsp3) is 0.294. The van der Waals surface area contributed by atoms with E-state index < -0.39 is 0 Å². The highest BCUT2D eigenvalue weighted by molar-refractivity contribution is 6.35. The third kappa shape index (κ3) is 3.52. The first-order valence-corrected chi connectivity index (χ1v) is 7.86. The zero-order chi connectivity index (χ0) is 14.8. The molecule has 0 heterocycles. The van der Waals surface area contributed by atoms with E-state index in [1.54, 1.807) is 12.1 Å². The summed E-state index contributed by atoms with van der Waals surface area (Å²) in [6.07, 6.45) is 2.49. The Balaban J connectivity index is 1.76. The van der Waals surface area contributed by atoms with E-state index in [0.717, 1.165) is 5.56 Å². The van der Waals surface area contributed by atoms with Crippen LogP contribution in [0, 0.1) is 5.92 Å². The second kappa shape index (κ2) is 6.27. The largest absolute Gasteiger partial charge is 0.506 e. The third-order valence-electron chi connectivity index (χ3n) is 3.87. The lowest BCUT2D eigenvalue weighted by Gasteiger charge is -2.19. The molecular weight excluding hydrogens is 305 g/mol. The summed E-state index contributed by atoms with van der Waals surface area (Å²) in [5.41, 5.74) is 2.02. The van der Waals surface area contributed by atoms with Gasteiger partial charge in [0.2, 0.25) is 0 Å². The van der Waals surface area contributed by atoms with Gasteiger partial charge in [-0.2, -0.15) is 0 Å². The van der Waals surface area contributed by atoms with Crippen LogP contribution in [0.4, 0.5) is 0 Å². The number of benzene rings is 2.